The molecule has 0 aliphatic rings. The molecule has 0 heterocycles. The predicted molar refractivity (Wildman–Crippen MR) is 113 cm³/mol. The van der Waals surface area contributed by atoms with Gasteiger partial charge in [0.15, 0.2) is 0 Å². The maximum atomic E-state index is 11.8. The third kappa shape index (κ3) is 11.9. The molecule has 1 rings (SSSR count). The van der Waals surface area contributed by atoms with E-state index in [9.17, 15) is 19.8 Å². The van der Waals surface area contributed by atoms with Gasteiger partial charge in [-0.25, -0.2) is 10.2 Å². The van der Waals surface area contributed by atoms with Crippen molar-refractivity contribution in [3.63, 3.8) is 0 Å². The van der Waals surface area contributed by atoms with Gasteiger partial charge in [-0.3, -0.25) is 10.2 Å². The number of hydrazine groups is 1. The fourth-order valence-corrected chi connectivity index (χ4v) is 3.03. The largest absolute Gasteiger partial charge is 0.508 e. The number of benzene rings is 1. The summed E-state index contributed by atoms with van der Waals surface area (Å²) in [6.45, 7) is 2.53. The first kappa shape index (κ1) is 24.6. The van der Waals surface area contributed by atoms with Gasteiger partial charge in [0.2, 0.25) is 0 Å². The maximum Gasteiger partial charge on any atom is 0.426 e. The average molecular weight is 409 g/mol. The smallest absolute Gasteiger partial charge is 0.426 e. The molecule has 0 bridgehead atoms. The zero-order valence-corrected chi connectivity index (χ0v) is 17.5. The van der Waals surface area contributed by atoms with Gasteiger partial charge in [0.05, 0.1) is 12.2 Å². The predicted octanol–water partition coefficient (Wildman–Crippen LogP) is 5.17. The van der Waals surface area contributed by atoms with Crippen LogP contribution in [0.3, 0.4) is 0 Å². The molecule has 164 valence electrons. The number of hydrogen-bond donors (Lipinski definition) is 4. The van der Waals surface area contributed by atoms with Crippen molar-refractivity contribution in [1.29, 1.82) is 0 Å². The summed E-state index contributed by atoms with van der Waals surface area (Å²) in [4.78, 5) is 23.4. The number of rotatable bonds is 14. The van der Waals surface area contributed by atoms with Crippen LogP contribution in [0.4, 0.5) is 4.79 Å². The molecule has 7 heteroatoms. The highest BCUT2D eigenvalue weighted by atomic mass is 16.6. The Morgan fingerprint density at radius 3 is 1.93 bits per heavy atom. The molecule has 7 nitrogen and oxygen atoms in total. The molecule has 0 saturated heterocycles. The van der Waals surface area contributed by atoms with Crippen molar-refractivity contribution < 1.29 is 24.5 Å². The van der Waals surface area contributed by atoms with Gasteiger partial charge in [-0.1, -0.05) is 77.6 Å². The van der Waals surface area contributed by atoms with E-state index < -0.39 is 12.0 Å². The molecular formula is C22H36N2O5. The number of unbranched alkanes of at least 4 members (excludes halogenated alkanes) is 11. The van der Waals surface area contributed by atoms with E-state index in [0.29, 0.717) is 6.61 Å². The third-order valence-electron chi connectivity index (χ3n) is 4.74. The van der Waals surface area contributed by atoms with Crippen molar-refractivity contribution >= 4 is 12.0 Å². The summed E-state index contributed by atoms with van der Waals surface area (Å²) in [6, 6.07) is 3.56. The third-order valence-corrected chi connectivity index (χ3v) is 4.74. The Morgan fingerprint density at radius 2 is 1.38 bits per heavy atom. The van der Waals surface area contributed by atoms with Crippen LogP contribution in [-0.4, -0.2) is 28.8 Å². The van der Waals surface area contributed by atoms with E-state index in [-0.39, 0.29) is 17.1 Å². The van der Waals surface area contributed by atoms with Gasteiger partial charge in [-0.05, 0) is 18.6 Å². The lowest BCUT2D eigenvalue weighted by atomic mass is 10.1. The van der Waals surface area contributed by atoms with Crippen LogP contribution in [0, 0.1) is 0 Å². The number of aromatic hydroxyl groups is 2. The number of amides is 2. The number of phenolic OH excluding ortho intramolecular Hbond substituents is 2. The quantitative estimate of drug-likeness (QED) is 0.251. The Hall–Kier alpha value is -2.44. The second-order valence-corrected chi connectivity index (χ2v) is 7.31. The van der Waals surface area contributed by atoms with E-state index in [4.69, 9.17) is 4.74 Å². The maximum absolute atomic E-state index is 11.8. The minimum Gasteiger partial charge on any atom is -0.508 e. The zero-order chi connectivity index (χ0) is 21.3. The summed E-state index contributed by atoms with van der Waals surface area (Å²) < 4.78 is 5.00. The molecule has 1 aromatic carbocycles. The summed E-state index contributed by atoms with van der Waals surface area (Å²) in [7, 11) is 0. The van der Waals surface area contributed by atoms with Crippen LogP contribution < -0.4 is 10.9 Å². The van der Waals surface area contributed by atoms with Crippen LogP contribution in [0.2, 0.25) is 0 Å². The highest BCUT2D eigenvalue weighted by molar-refractivity contribution is 5.97. The van der Waals surface area contributed by atoms with Gasteiger partial charge in [-0.15, -0.1) is 0 Å². The zero-order valence-electron chi connectivity index (χ0n) is 17.5. The first-order valence-corrected chi connectivity index (χ1v) is 10.8. The van der Waals surface area contributed by atoms with Gasteiger partial charge in [-0.2, -0.15) is 0 Å². The van der Waals surface area contributed by atoms with Crippen LogP contribution in [0.15, 0.2) is 18.2 Å². The highest BCUT2D eigenvalue weighted by Gasteiger charge is 2.12. The molecule has 0 spiro atoms. The SMILES string of the molecule is CCCCCCCCCCCCCCOC(=O)NNC(=O)c1ccc(O)cc1O. The lowest BCUT2D eigenvalue weighted by molar-refractivity contribution is 0.0905. The number of carbonyl (C=O) groups excluding carboxylic acids is 2. The van der Waals surface area contributed by atoms with E-state index in [1.807, 2.05) is 0 Å². The molecule has 0 fully saturated rings. The van der Waals surface area contributed by atoms with Crippen molar-refractivity contribution in [2.24, 2.45) is 0 Å². The number of nitrogens with one attached hydrogen (secondary N) is 2. The molecule has 0 aliphatic carbocycles. The number of ether oxygens (including phenoxy) is 1. The number of carbonyl (C=O) groups is 2. The van der Waals surface area contributed by atoms with E-state index in [0.717, 1.165) is 25.3 Å². The molecular weight excluding hydrogens is 372 g/mol. The fourth-order valence-electron chi connectivity index (χ4n) is 3.03. The minimum absolute atomic E-state index is 0.0657. The molecule has 4 N–H and O–H groups in total. The highest BCUT2D eigenvalue weighted by Crippen LogP contribution is 2.22. The first-order chi connectivity index (χ1) is 14.0. The van der Waals surface area contributed by atoms with Gasteiger partial charge in [0.1, 0.15) is 11.5 Å². The fraction of sp³-hybridized carbons (Fsp3) is 0.636. The Kier molecular flexibility index (Phi) is 13.1. The molecule has 0 aliphatic heterocycles. The van der Waals surface area contributed by atoms with E-state index in [2.05, 4.69) is 17.8 Å². The molecule has 0 aromatic heterocycles. The summed E-state index contributed by atoms with van der Waals surface area (Å²) in [6.07, 6.45) is 14.0. The number of hydrogen-bond acceptors (Lipinski definition) is 5. The molecule has 2 amide bonds. The van der Waals surface area contributed by atoms with Crippen molar-refractivity contribution in [3.05, 3.63) is 23.8 Å². The Balaban J connectivity index is 1.96. The van der Waals surface area contributed by atoms with Crippen molar-refractivity contribution in [2.45, 2.75) is 84.0 Å². The van der Waals surface area contributed by atoms with Crippen molar-refractivity contribution in [3.8, 4) is 11.5 Å². The van der Waals surface area contributed by atoms with E-state index >= 15 is 0 Å². The molecule has 0 atom stereocenters. The topological polar surface area (TPSA) is 108 Å². The first-order valence-electron chi connectivity index (χ1n) is 10.8. The lowest BCUT2D eigenvalue weighted by Crippen LogP contribution is -2.42. The number of phenols is 2. The lowest BCUT2D eigenvalue weighted by Gasteiger charge is -2.09. The Labute approximate surface area is 173 Å². The van der Waals surface area contributed by atoms with Gasteiger partial charge in [0, 0.05) is 6.07 Å². The minimum atomic E-state index is -0.750. The Bertz CT molecular complexity index is 607. The van der Waals surface area contributed by atoms with Crippen molar-refractivity contribution in [2.75, 3.05) is 6.61 Å². The Morgan fingerprint density at radius 1 is 0.828 bits per heavy atom. The molecule has 0 saturated carbocycles. The summed E-state index contributed by atoms with van der Waals surface area (Å²) >= 11 is 0. The molecule has 0 unspecified atom stereocenters. The van der Waals surface area contributed by atoms with Gasteiger partial charge < -0.3 is 14.9 Å². The molecule has 29 heavy (non-hydrogen) atoms. The van der Waals surface area contributed by atoms with Crippen LogP contribution >= 0.6 is 0 Å². The van der Waals surface area contributed by atoms with Crippen molar-refractivity contribution in [1.82, 2.24) is 10.9 Å². The summed E-state index contributed by atoms with van der Waals surface area (Å²) in [5.41, 5.74) is 4.22. The van der Waals surface area contributed by atoms with Crippen LogP contribution in [0.1, 0.15) is 94.3 Å². The molecule has 0 radical (unpaired) electrons. The second-order valence-electron chi connectivity index (χ2n) is 7.31. The monoisotopic (exact) mass is 408 g/mol. The molecule has 1 aromatic rings. The van der Waals surface area contributed by atoms with Crippen LogP contribution in [0.5, 0.6) is 11.5 Å². The summed E-state index contributed by atoms with van der Waals surface area (Å²) in [5, 5.41) is 18.8. The van der Waals surface area contributed by atoms with E-state index in [1.54, 1.807) is 0 Å². The average Bonchev–Trinajstić information content (AvgIpc) is 2.69. The van der Waals surface area contributed by atoms with Crippen LogP contribution in [-0.2, 0) is 4.74 Å². The van der Waals surface area contributed by atoms with Gasteiger partial charge in [0.25, 0.3) is 5.91 Å². The van der Waals surface area contributed by atoms with Crippen LogP contribution in [0.25, 0.3) is 0 Å². The normalized spacial score (nSPS) is 10.5. The van der Waals surface area contributed by atoms with Gasteiger partial charge >= 0.3 is 6.09 Å². The standard InChI is InChI=1S/C22H36N2O5/c1-2-3-4-5-6-7-8-9-10-11-12-13-16-29-22(28)24-23-21(27)19-15-14-18(25)17-20(19)26/h14-15,17,25-26H,2-13,16H2,1H3,(H,23,27)(H,24,28). The second kappa shape index (κ2) is 15.5. The summed E-state index contributed by atoms with van der Waals surface area (Å²) in [5.74, 6) is -1.24. The van der Waals surface area contributed by atoms with E-state index in [1.165, 1.54) is 69.9 Å².